The van der Waals surface area contributed by atoms with Gasteiger partial charge in [-0.1, -0.05) is 24.3 Å². The van der Waals surface area contributed by atoms with Crippen LogP contribution in [-0.4, -0.2) is 11.5 Å². The highest BCUT2D eigenvalue weighted by Crippen LogP contribution is 2.31. The fourth-order valence-electron chi connectivity index (χ4n) is 2.89. The van der Waals surface area contributed by atoms with Crippen LogP contribution < -0.4 is 9.47 Å². The fraction of sp³-hybridized carbons (Fsp3) is 0.125. The number of rotatable bonds is 8. The van der Waals surface area contributed by atoms with Crippen LogP contribution in [0.25, 0.3) is 11.6 Å². The lowest BCUT2D eigenvalue weighted by Crippen LogP contribution is -2.00. The van der Waals surface area contributed by atoms with E-state index in [0.717, 1.165) is 5.56 Å². The number of non-ortho nitro benzene ring substituents is 1. The lowest BCUT2D eigenvalue weighted by atomic mass is 10.0. The summed E-state index contributed by atoms with van der Waals surface area (Å²) in [7, 11) is 0. The summed E-state index contributed by atoms with van der Waals surface area (Å²) in [5, 5.41) is 20.2. The van der Waals surface area contributed by atoms with Gasteiger partial charge < -0.3 is 9.47 Å². The van der Waals surface area contributed by atoms with Gasteiger partial charge in [0, 0.05) is 17.7 Å². The Kier molecular flexibility index (Phi) is 6.97. The smallest absolute Gasteiger partial charge is 0.269 e. The van der Waals surface area contributed by atoms with Gasteiger partial charge in [-0.15, -0.1) is 0 Å². The van der Waals surface area contributed by atoms with E-state index in [4.69, 9.17) is 9.47 Å². The third kappa shape index (κ3) is 5.46. The van der Waals surface area contributed by atoms with Gasteiger partial charge >= 0.3 is 0 Å². The van der Waals surface area contributed by atoms with Crippen LogP contribution in [0.4, 0.5) is 10.1 Å². The van der Waals surface area contributed by atoms with Gasteiger partial charge in [-0.05, 0) is 54.5 Å². The molecule has 3 aromatic rings. The van der Waals surface area contributed by atoms with Gasteiger partial charge in [0.2, 0.25) is 0 Å². The lowest BCUT2D eigenvalue weighted by molar-refractivity contribution is -0.384. The molecule has 3 rings (SSSR count). The van der Waals surface area contributed by atoms with Crippen molar-refractivity contribution in [2.75, 3.05) is 6.61 Å². The molecule has 0 aliphatic heterocycles. The second kappa shape index (κ2) is 10.0. The highest BCUT2D eigenvalue weighted by Gasteiger charge is 2.11. The average Bonchev–Trinajstić information content (AvgIpc) is 2.78. The summed E-state index contributed by atoms with van der Waals surface area (Å²) in [6.07, 6.45) is 1.58. The Morgan fingerprint density at radius 2 is 1.84 bits per heavy atom. The van der Waals surface area contributed by atoms with Gasteiger partial charge in [0.05, 0.1) is 23.2 Å². The Hall–Kier alpha value is -4.18. The first-order valence-corrected chi connectivity index (χ1v) is 9.51. The van der Waals surface area contributed by atoms with Gasteiger partial charge in [0.25, 0.3) is 5.69 Å². The number of hydrogen-bond donors (Lipinski definition) is 0. The summed E-state index contributed by atoms with van der Waals surface area (Å²) in [5.41, 5.74) is 1.86. The number of benzene rings is 3. The Bertz CT molecular complexity index is 1150. The molecule has 7 heteroatoms. The molecule has 0 radical (unpaired) electrons. The van der Waals surface area contributed by atoms with Crippen molar-refractivity contribution in [1.29, 1.82) is 5.26 Å². The van der Waals surface area contributed by atoms with Crippen molar-refractivity contribution in [2.45, 2.75) is 13.5 Å². The standard InChI is InChI=1S/C24H19FN2O4/c1-2-30-24-14-18(13-19(15-26)21-5-3-4-6-22(21)25)9-12-23(24)31-16-17-7-10-20(11-8-17)27(28)29/h3-14H,2,16H2,1H3. The molecule has 0 atom stereocenters. The number of nitro benzene ring substituents is 1. The summed E-state index contributed by atoms with van der Waals surface area (Å²) in [6.45, 7) is 2.44. The zero-order valence-electron chi connectivity index (χ0n) is 16.7. The van der Waals surface area contributed by atoms with Crippen molar-refractivity contribution in [3.05, 3.63) is 99.4 Å². The van der Waals surface area contributed by atoms with Crippen LogP contribution in [0.2, 0.25) is 0 Å². The highest BCUT2D eigenvalue weighted by atomic mass is 19.1. The van der Waals surface area contributed by atoms with E-state index in [1.165, 1.54) is 18.2 Å². The predicted molar refractivity (Wildman–Crippen MR) is 115 cm³/mol. The molecule has 0 bridgehead atoms. The van der Waals surface area contributed by atoms with Crippen molar-refractivity contribution in [3.8, 4) is 17.6 Å². The first-order valence-electron chi connectivity index (χ1n) is 9.51. The van der Waals surface area contributed by atoms with Crippen molar-refractivity contribution < 1.29 is 18.8 Å². The Labute approximate surface area is 178 Å². The van der Waals surface area contributed by atoms with Crippen LogP contribution in [0, 0.1) is 27.3 Å². The molecule has 0 amide bonds. The van der Waals surface area contributed by atoms with Crippen molar-refractivity contribution in [3.63, 3.8) is 0 Å². The molecule has 0 fully saturated rings. The van der Waals surface area contributed by atoms with Gasteiger partial charge in [0.15, 0.2) is 11.5 Å². The molecule has 31 heavy (non-hydrogen) atoms. The average molecular weight is 418 g/mol. The lowest BCUT2D eigenvalue weighted by Gasteiger charge is -2.13. The predicted octanol–water partition coefficient (Wildman–Crippen LogP) is 5.78. The molecule has 3 aromatic carbocycles. The zero-order valence-corrected chi connectivity index (χ0v) is 16.7. The molecule has 0 aromatic heterocycles. The minimum absolute atomic E-state index is 0.0121. The third-order valence-corrected chi connectivity index (χ3v) is 4.40. The maximum absolute atomic E-state index is 14.1. The minimum Gasteiger partial charge on any atom is -0.490 e. The maximum Gasteiger partial charge on any atom is 0.269 e. The molecule has 6 nitrogen and oxygen atoms in total. The molecule has 0 saturated heterocycles. The van der Waals surface area contributed by atoms with Crippen LogP contribution in [0.5, 0.6) is 11.5 Å². The summed E-state index contributed by atoms with van der Waals surface area (Å²) in [4.78, 5) is 10.3. The highest BCUT2D eigenvalue weighted by molar-refractivity contribution is 5.90. The molecule has 0 heterocycles. The van der Waals surface area contributed by atoms with Gasteiger partial charge in [-0.25, -0.2) is 4.39 Å². The first kappa shape index (κ1) is 21.5. The summed E-state index contributed by atoms with van der Waals surface area (Å²) < 4.78 is 25.5. The molecule has 0 saturated carbocycles. The second-order valence-corrected chi connectivity index (χ2v) is 6.50. The summed E-state index contributed by atoms with van der Waals surface area (Å²) in [6, 6.07) is 19.4. The van der Waals surface area contributed by atoms with E-state index in [1.807, 2.05) is 13.0 Å². The molecule has 0 aliphatic rings. The first-order chi connectivity index (χ1) is 15.0. The van der Waals surface area contributed by atoms with Gasteiger partial charge in [0.1, 0.15) is 12.4 Å². The molecule has 0 aliphatic carbocycles. The number of allylic oxidation sites excluding steroid dienone is 1. The number of halogens is 1. The van der Waals surface area contributed by atoms with Crippen LogP contribution >= 0.6 is 0 Å². The maximum atomic E-state index is 14.1. The van der Waals surface area contributed by atoms with E-state index in [-0.39, 0.29) is 23.4 Å². The van der Waals surface area contributed by atoms with E-state index >= 15 is 0 Å². The van der Waals surface area contributed by atoms with E-state index in [2.05, 4.69) is 0 Å². The Morgan fingerprint density at radius 1 is 1.10 bits per heavy atom. The van der Waals surface area contributed by atoms with E-state index in [9.17, 15) is 19.8 Å². The topological polar surface area (TPSA) is 85.4 Å². The van der Waals surface area contributed by atoms with Crippen LogP contribution in [0.1, 0.15) is 23.6 Å². The van der Waals surface area contributed by atoms with Crippen LogP contribution in [-0.2, 0) is 6.61 Å². The Balaban J connectivity index is 1.83. The number of ether oxygens (including phenoxy) is 2. The number of hydrogen-bond acceptors (Lipinski definition) is 5. The molecular formula is C24H19FN2O4. The third-order valence-electron chi connectivity index (χ3n) is 4.40. The van der Waals surface area contributed by atoms with Crippen molar-refractivity contribution in [2.24, 2.45) is 0 Å². The minimum atomic E-state index is -0.469. The monoisotopic (exact) mass is 418 g/mol. The molecule has 156 valence electrons. The van der Waals surface area contributed by atoms with E-state index < -0.39 is 10.7 Å². The van der Waals surface area contributed by atoms with Gasteiger partial charge in [-0.2, -0.15) is 5.26 Å². The molecule has 0 N–H and O–H groups in total. The summed E-state index contributed by atoms with van der Waals surface area (Å²) >= 11 is 0. The van der Waals surface area contributed by atoms with E-state index in [0.29, 0.717) is 23.7 Å². The number of nitro groups is 1. The second-order valence-electron chi connectivity index (χ2n) is 6.50. The largest absolute Gasteiger partial charge is 0.490 e. The molecule has 0 unspecified atom stereocenters. The van der Waals surface area contributed by atoms with Gasteiger partial charge in [-0.3, -0.25) is 10.1 Å². The van der Waals surface area contributed by atoms with Crippen molar-refractivity contribution in [1.82, 2.24) is 0 Å². The Morgan fingerprint density at radius 3 is 2.48 bits per heavy atom. The number of nitrogens with zero attached hydrogens (tertiary/aromatic N) is 2. The summed E-state index contributed by atoms with van der Waals surface area (Å²) in [5.74, 6) is 0.495. The number of nitriles is 1. The SMILES string of the molecule is CCOc1cc(C=C(C#N)c2ccccc2F)ccc1OCc1ccc([N+](=O)[O-])cc1. The quantitative estimate of drug-likeness (QED) is 0.200. The zero-order chi connectivity index (χ0) is 22.2. The van der Waals surface area contributed by atoms with Crippen molar-refractivity contribution >= 4 is 17.3 Å². The molecule has 0 spiro atoms. The van der Waals surface area contributed by atoms with Crippen LogP contribution in [0.3, 0.4) is 0 Å². The normalized spacial score (nSPS) is 10.9. The van der Waals surface area contributed by atoms with E-state index in [1.54, 1.807) is 54.6 Å². The molecular weight excluding hydrogens is 399 g/mol. The van der Waals surface area contributed by atoms with Crippen LogP contribution in [0.15, 0.2) is 66.7 Å². The fourth-order valence-corrected chi connectivity index (χ4v) is 2.89.